The summed E-state index contributed by atoms with van der Waals surface area (Å²) in [6.07, 6.45) is 1.01. The maximum absolute atomic E-state index is 11.7. The number of nitrogens with two attached hydrogens (primary N) is 1. The molecule has 0 spiro atoms. The maximum Gasteiger partial charge on any atom is 0.252 e. The first-order chi connectivity index (χ1) is 6.61. The maximum atomic E-state index is 11.7. The van der Waals surface area contributed by atoms with Crippen LogP contribution in [0.4, 0.5) is 11.5 Å². The number of rotatable bonds is 0. The predicted molar refractivity (Wildman–Crippen MR) is 57.7 cm³/mol. The molecule has 0 amide bonds. The van der Waals surface area contributed by atoms with E-state index in [2.05, 4.69) is 0 Å². The normalized spacial score (nSPS) is 15.4. The molecule has 1 aliphatic rings. The molecule has 1 aliphatic heterocycles. The van der Waals surface area contributed by atoms with Crippen LogP contribution >= 0.6 is 0 Å². The number of hydrogen-bond donors (Lipinski definition) is 1. The number of aromatic nitrogens is 1. The molecular weight excluding hydrogens is 178 g/mol. The van der Waals surface area contributed by atoms with Crippen LogP contribution in [0.25, 0.3) is 0 Å². The third-order valence-corrected chi connectivity index (χ3v) is 2.76. The molecule has 14 heavy (non-hydrogen) atoms. The Balaban J connectivity index is 2.73. The third-order valence-electron chi connectivity index (χ3n) is 2.76. The van der Waals surface area contributed by atoms with Crippen molar-refractivity contribution in [3.05, 3.63) is 22.0 Å². The van der Waals surface area contributed by atoms with Gasteiger partial charge in [-0.2, -0.15) is 0 Å². The Morgan fingerprint density at radius 1 is 1.43 bits per heavy atom. The standard InChI is InChI=1S/C10H15N3O/c1-7-6-8(14)13-5-3-4-12(2)10(13)9(7)11/h6H,3-5,11H2,1-2H3. The summed E-state index contributed by atoms with van der Waals surface area (Å²) >= 11 is 0. The fourth-order valence-electron chi connectivity index (χ4n) is 1.97. The average Bonchev–Trinajstić information content (AvgIpc) is 2.14. The van der Waals surface area contributed by atoms with E-state index in [0.717, 1.165) is 36.6 Å². The third kappa shape index (κ3) is 1.18. The van der Waals surface area contributed by atoms with Crippen LogP contribution in [-0.2, 0) is 6.54 Å². The van der Waals surface area contributed by atoms with Crippen molar-refractivity contribution in [3.63, 3.8) is 0 Å². The second-order valence-corrected chi connectivity index (χ2v) is 3.83. The highest BCUT2D eigenvalue weighted by molar-refractivity contribution is 5.67. The highest BCUT2D eigenvalue weighted by Crippen LogP contribution is 2.26. The summed E-state index contributed by atoms with van der Waals surface area (Å²) in [5, 5.41) is 0. The molecule has 0 atom stereocenters. The van der Waals surface area contributed by atoms with Crippen LogP contribution in [0.15, 0.2) is 10.9 Å². The minimum atomic E-state index is 0.0539. The number of nitrogen functional groups attached to an aromatic ring is 1. The van der Waals surface area contributed by atoms with Crippen LogP contribution in [0, 0.1) is 6.92 Å². The minimum absolute atomic E-state index is 0.0539. The summed E-state index contributed by atoms with van der Waals surface area (Å²) in [7, 11) is 1.97. The summed E-state index contributed by atoms with van der Waals surface area (Å²) in [5.74, 6) is 0.876. The molecule has 76 valence electrons. The Labute approximate surface area is 82.9 Å². The van der Waals surface area contributed by atoms with Gasteiger partial charge in [0.15, 0.2) is 0 Å². The van der Waals surface area contributed by atoms with Gasteiger partial charge in [0.25, 0.3) is 5.56 Å². The molecule has 4 heteroatoms. The van der Waals surface area contributed by atoms with E-state index >= 15 is 0 Å². The second-order valence-electron chi connectivity index (χ2n) is 3.83. The van der Waals surface area contributed by atoms with Gasteiger partial charge in [-0.05, 0) is 18.9 Å². The predicted octanol–water partition coefficient (Wildman–Crippen LogP) is 0.579. The van der Waals surface area contributed by atoms with Gasteiger partial charge in [0.05, 0.1) is 5.69 Å². The van der Waals surface area contributed by atoms with Gasteiger partial charge in [-0.3, -0.25) is 9.36 Å². The molecule has 2 heterocycles. The zero-order valence-corrected chi connectivity index (χ0v) is 8.58. The van der Waals surface area contributed by atoms with E-state index in [1.165, 1.54) is 0 Å². The molecule has 0 aromatic carbocycles. The highest BCUT2D eigenvalue weighted by Gasteiger charge is 2.18. The molecule has 2 N–H and O–H groups in total. The van der Waals surface area contributed by atoms with Gasteiger partial charge in [0.2, 0.25) is 0 Å². The number of fused-ring (bicyclic) bond motifs is 1. The van der Waals surface area contributed by atoms with Crippen LogP contribution in [0.1, 0.15) is 12.0 Å². The Morgan fingerprint density at radius 3 is 2.86 bits per heavy atom. The molecule has 1 aromatic rings. The number of pyridine rings is 1. The molecular formula is C10H15N3O. The van der Waals surface area contributed by atoms with Crippen molar-refractivity contribution in [1.82, 2.24) is 4.57 Å². The van der Waals surface area contributed by atoms with Gasteiger partial charge >= 0.3 is 0 Å². The zero-order chi connectivity index (χ0) is 10.3. The molecule has 0 fully saturated rings. The largest absolute Gasteiger partial charge is 0.396 e. The van der Waals surface area contributed by atoms with E-state index in [0.29, 0.717) is 0 Å². The van der Waals surface area contributed by atoms with Gasteiger partial charge in [0.1, 0.15) is 5.82 Å². The number of hydrogen-bond acceptors (Lipinski definition) is 3. The summed E-state index contributed by atoms with van der Waals surface area (Å²) in [6.45, 7) is 3.62. The second kappa shape index (κ2) is 3.04. The SMILES string of the molecule is Cc1cc(=O)n2c(c1N)N(C)CCC2. The molecule has 0 bridgehead atoms. The summed E-state index contributed by atoms with van der Waals surface area (Å²) in [6, 6.07) is 1.61. The van der Waals surface area contributed by atoms with Crippen molar-refractivity contribution in [2.75, 3.05) is 24.2 Å². The van der Waals surface area contributed by atoms with E-state index in [4.69, 9.17) is 5.73 Å². The number of anilines is 2. The topological polar surface area (TPSA) is 51.3 Å². The van der Waals surface area contributed by atoms with E-state index in [9.17, 15) is 4.79 Å². The van der Waals surface area contributed by atoms with Gasteiger partial charge < -0.3 is 10.6 Å². The lowest BCUT2D eigenvalue weighted by Gasteiger charge is -2.30. The Morgan fingerprint density at radius 2 is 2.14 bits per heavy atom. The zero-order valence-electron chi connectivity index (χ0n) is 8.58. The molecule has 2 rings (SSSR count). The molecule has 0 saturated heterocycles. The van der Waals surface area contributed by atoms with E-state index < -0.39 is 0 Å². The van der Waals surface area contributed by atoms with Crippen molar-refractivity contribution in [2.45, 2.75) is 19.9 Å². The lowest BCUT2D eigenvalue weighted by Crippen LogP contribution is -2.36. The Hall–Kier alpha value is -1.45. The summed E-state index contributed by atoms with van der Waals surface area (Å²) in [5.41, 5.74) is 7.61. The van der Waals surface area contributed by atoms with Gasteiger partial charge in [-0.15, -0.1) is 0 Å². The first kappa shape index (κ1) is 9.12. The van der Waals surface area contributed by atoms with E-state index in [1.807, 2.05) is 18.9 Å². The number of nitrogens with zero attached hydrogens (tertiary/aromatic N) is 2. The lowest BCUT2D eigenvalue weighted by atomic mass is 10.2. The van der Waals surface area contributed by atoms with Crippen molar-refractivity contribution in [1.29, 1.82) is 0 Å². The van der Waals surface area contributed by atoms with Crippen molar-refractivity contribution in [3.8, 4) is 0 Å². The van der Waals surface area contributed by atoms with Crippen molar-refractivity contribution in [2.24, 2.45) is 0 Å². The molecule has 0 unspecified atom stereocenters. The smallest absolute Gasteiger partial charge is 0.252 e. The minimum Gasteiger partial charge on any atom is -0.396 e. The quantitative estimate of drug-likeness (QED) is 0.655. The molecule has 0 saturated carbocycles. The Kier molecular flexibility index (Phi) is 1.98. The van der Waals surface area contributed by atoms with E-state index in [1.54, 1.807) is 10.6 Å². The molecule has 1 aromatic heterocycles. The average molecular weight is 193 g/mol. The highest BCUT2D eigenvalue weighted by atomic mass is 16.1. The fraction of sp³-hybridized carbons (Fsp3) is 0.500. The molecule has 0 radical (unpaired) electrons. The van der Waals surface area contributed by atoms with Crippen molar-refractivity contribution >= 4 is 11.5 Å². The molecule has 4 nitrogen and oxygen atoms in total. The van der Waals surface area contributed by atoms with Crippen LogP contribution in [-0.4, -0.2) is 18.2 Å². The van der Waals surface area contributed by atoms with Crippen LogP contribution in [0.3, 0.4) is 0 Å². The lowest BCUT2D eigenvalue weighted by molar-refractivity contribution is 0.567. The fourth-order valence-corrected chi connectivity index (χ4v) is 1.97. The number of aryl methyl sites for hydroxylation is 1. The van der Waals surface area contributed by atoms with Gasteiger partial charge in [-0.1, -0.05) is 0 Å². The first-order valence-electron chi connectivity index (χ1n) is 4.82. The Bertz CT molecular complexity index is 422. The van der Waals surface area contributed by atoms with Crippen LogP contribution in [0.2, 0.25) is 0 Å². The monoisotopic (exact) mass is 193 g/mol. The van der Waals surface area contributed by atoms with Crippen molar-refractivity contribution < 1.29 is 0 Å². The van der Waals surface area contributed by atoms with E-state index in [-0.39, 0.29) is 5.56 Å². The first-order valence-corrected chi connectivity index (χ1v) is 4.82. The van der Waals surface area contributed by atoms with Gasteiger partial charge in [0, 0.05) is 26.2 Å². The van der Waals surface area contributed by atoms with Crippen LogP contribution in [0.5, 0.6) is 0 Å². The van der Waals surface area contributed by atoms with Gasteiger partial charge in [-0.25, -0.2) is 0 Å². The summed E-state index contributed by atoms with van der Waals surface area (Å²) < 4.78 is 1.76. The molecule has 0 aliphatic carbocycles. The van der Waals surface area contributed by atoms with Crippen LogP contribution < -0.4 is 16.2 Å². The summed E-state index contributed by atoms with van der Waals surface area (Å²) in [4.78, 5) is 13.7.